The van der Waals surface area contributed by atoms with Crippen molar-refractivity contribution in [2.24, 2.45) is 0 Å². The van der Waals surface area contributed by atoms with Gasteiger partial charge in [-0.3, -0.25) is 9.59 Å². The lowest BCUT2D eigenvalue weighted by atomic mass is 10.0. The molecule has 82 heavy (non-hydrogen) atoms. The van der Waals surface area contributed by atoms with E-state index in [1.165, 1.54) is 0 Å². The molecule has 0 aliphatic rings. The van der Waals surface area contributed by atoms with Crippen LogP contribution in [0, 0.1) is 55.4 Å². The van der Waals surface area contributed by atoms with E-state index in [0.29, 0.717) is 96.8 Å². The lowest BCUT2D eigenvalue weighted by molar-refractivity contribution is -0.146. The molecule has 8 rings (SSSR count). The van der Waals surface area contributed by atoms with Gasteiger partial charge >= 0.3 is 11.9 Å². The van der Waals surface area contributed by atoms with Crippen LogP contribution in [0.25, 0.3) is 68.3 Å². The van der Waals surface area contributed by atoms with Gasteiger partial charge in [-0.05, 0) is 166 Å². The average Bonchev–Trinajstić information content (AvgIpc) is 3.53. The molecule has 2 heterocycles. The highest BCUT2D eigenvalue weighted by Gasteiger charge is 2.20. The summed E-state index contributed by atoms with van der Waals surface area (Å²) in [5, 5.41) is 22.4. The van der Waals surface area contributed by atoms with Gasteiger partial charge < -0.3 is 29.2 Å². The fraction of sp³-hybridized carbons (Fsp3) is 0.353. The van der Waals surface area contributed by atoms with Gasteiger partial charge in [0.15, 0.2) is 34.9 Å². The number of aryl methyl sites for hydroxylation is 8. The third-order valence-electron chi connectivity index (χ3n) is 14.3. The fourth-order valence-electron chi connectivity index (χ4n) is 9.86. The van der Waals surface area contributed by atoms with E-state index in [1.807, 2.05) is 88.4 Å². The van der Waals surface area contributed by atoms with Gasteiger partial charge in [-0.15, -0.1) is 0 Å². The number of aromatic nitrogens is 6. The quantitative estimate of drug-likeness (QED) is 0.0365. The Morgan fingerprint density at radius 2 is 0.598 bits per heavy atom. The molecular formula is C68H76N6O8. The molecule has 0 atom stereocenters. The number of rotatable bonds is 27. The minimum absolute atomic E-state index is 0.0138. The highest BCUT2D eigenvalue weighted by molar-refractivity contribution is 5.75. The molecule has 0 saturated heterocycles. The lowest BCUT2D eigenvalue weighted by Crippen LogP contribution is -2.08. The number of unbranched alkanes of at least 4 members (excludes halogenated alkanes) is 7. The van der Waals surface area contributed by atoms with E-state index in [2.05, 4.69) is 52.0 Å². The molecule has 0 aliphatic carbocycles. The molecule has 6 aromatic carbocycles. The number of hydrogen-bond donors (Lipinski definition) is 2. The zero-order chi connectivity index (χ0) is 58.1. The van der Waals surface area contributed by atoms with Crippen LogP contribution < -0.4 is 9.47 Å². The van der Waals surface area contributed by atoms with Crippen molar-refractivity contribution >= 4 is 11.9 Å². The maximum absolute atomic E-state index is 12.3. The molecule has 0 aliphatic heterocycles. The van der Waals surface area contributed by atoms with Crippen LogP contribution in [0.15, 0.2) is 109 Å². The Bertz CT molecular complexity index is 3160. The molecule has 0 bridgehead atoms. The van der Waals surface area contributed by atoms with Gasteiger partial charge in [-0.1, -0.05) is 95.1 Å². The molecule has 14 heteroatoms. The molecule has 0 spiro atoms. The number of phenolic OH excluding ortho intramolecular Hbond substituents is 2. The second kappa shape index (κ2) is 28.8. The van der Waals surface area contributed by atoms with Crippen molar-refractivity contribution in [1.82, 2.24) is 29.9 Å². The number of benzene rings is 6. The minimum Gasteiger partial charge on any atom is -0.507 e. The summed E-state index contributed by atoms with van der Waals surface area (Å²) in [6.07, 6.45) is 8.27. The van der Waals surface area contributed by atoms with Gasteiger partial charge in [0.25, 0.3) is 0 Å². The van der Waals surface area contributed by atoms with E-state index in [0.717, 1.165) is 118 Å². The van der Waals surface area contributed by atoms with E-state index in [-0.39, 0.29) is 36.3 Å². The Hall–Kier alpha value is -8.52. The van der Waals surface area contributed by atoms with E-state index in [9.17, 15) is 19.8 Å². The Balaban J connectivity index is 0.665. The normalized spacial score (nSPS) is 11.2. The van der Waals surface area contributed by atoms with Crippen LogP contribution in [0.1, 0.15) is 122 Å². The molecule has 2 N–H and O–H groups in total. The van der Waals surface area contributed by atoms with Crippen molar-refractivity contribution in [1.29, 1.82) is 0 Å². The highest BCUT2D eigenvalue weighted by atomic mass is 16.5. The Morgan fingerprint density at radius 1 is 0.329 bits per heavy atom. The van der Waals surface area contributed by atoms with Crippen LogP contribution in [0.2, 0.25) is 0 Å². The summed E-state index contributed by atoms with van der Waals surface area (Å²) >= 11 is 0. The third-order valence-corrected chi connectivity index (χ3v) is 14.3. The summed E-state index contributed by atoms with van der Waals surface area (Å²) < 4.78 is 22.8. The van der Waals surface area contributed by atoms with Crippen molar-refractivity contribution in [3.05, 3.63) is 154 Å². The summed E-state index contributed by atoms with van der Waals surface area (Å²) in [7, 11) is 0. The van der Waals surface area contributed by atoms with E-state index >= 15 is 0 Å². The van der Waals surface area contributed by atoms with Crippen LogP contribution >= 0.6 is 0 Å². The van der Waals surface area contributed by atoms with Crippen LogP contribution in [-0.2, 0) is 19.1 Å². The molecule has 0 fully saturated rings. The van der Waals surface area contributed by atoms with Gasteiger partial charge in [-0.25, -0.2) is 29.9 Å². The first-order valence-electron chi connectivity index (χ1n) is 28.6. The number of carbonyl (C=O) groups excluding carboxylic acids is 2. The Kier molecular flexibility index (Phi) is 20.9. The predicted molar refractivity (Wildman–Crippen MR) is 322 cm³/mol. The molecule has 0 radical (unpaired) electrons. The molecule has 426 valence electrons. The molecular weight excluding hydrogens is 1030 g/mol. The van der Waals surface area contributed by atoms with Crippen molar-refractivity contribution in [2.75, 3.05) is 26.4 Å². The topological polar surface area (TPSA) is 189 Å². The largest absolute Gasteiger partial charge is 0.507 e. The fourth-order valence-corrected chi connectivity index (χ4v) is 9.86. The molecule has 0 amide bonds. The SMILES string of the molecule is Cc1ccc(-c2nc(-c3ccc(C)cc3C)nc(-c3ccc(OCCCCCCOC(=O)CCCCC(=O)OCCCCCCOc4ccc(-c5nc(-c6ccc(C)cc6C)nc(-c6ccc(C)cc6C)n5)c(O)c4)cc3O)n2)c(C)c1. The van der Waals surface area contributed by atoms with Crippen LogP contribution in [0.4, 0.5) is 0 Å². The smallest absolute Gasteiger partial charge is 0.305 e. The van der Waals surface area contributed by atoms with Gasteiger partial charge in [-0.2, -0.15) is 0 Å². The van der Waals surface area contributed by atoms with Gasteiger partial charge in [0.1, 0.15) is 23.0 Å². The maximum atomic E-state index is 12.3. The maximum Gasteiger partial charge on any atom is 0.305 e. The number of carbonyl (C=O) groups is 2. The van der Waals surface area contributed by atoms with E-state index < -0.39 is 0 Å². The standard InChI is InChI=1S/C68H76N6O8/c1-43-21-27-53(47(5)37-43)63-69-64(54-28-22-44(2)38-48(54)6)72-67(71-63)57-31-25-51(41-59(57)75)79-33-15-9-11-17-35-81-61(77)19-13-14-20-62(78)82-36-18-12-10-16-34-80-52-26-32-58(60(76)42-52)68-73-65(55-29-23-45(3)39-49(55)7)70-66(74-68)56-30-24-46(4)40-50(56)8/h21-32,37-42,75-76H,9-20,33-36H2,1-8H3. The summed E-state index contributed by atoms with van der Waals surface area (Å²) in [5.74, 6) is 3.50. The number of hydrogen-bond acceptors (Lipinski definition) is 14. The Labute approximate surface area is 482 Å². The molecule has 0 saturated carbocycles. The first-order chi connectivity index (χ1) is 39.6. The van der Waals surface area contributed by atoms with Crippen molar-refractivity contribution < 1.29 is 38.7 Å². The second-order valence-electron chi connectivity index (χ2n) is 21.4. The lowest BCUT2D eigenvalue weighted by Gasteiger charge is -2.13. The minimum atomic E-state index is -0.261. The van der Waals surface area contributed by atoms with Gasteiger partial charge in [0.2, 0.25) is 0 Å². The zero-order valence-electron chi connectivity index (χ0n) is 48.7. The predicted octanol–water partition coefficient (Wildman–Crippen LogP) is 15.2. The first-order valence-corrected chi connectivity index (χ1v) is 28.6. The van der Waals surface area contributed by atoms with Gasteiger partial charge in [0, 0.05) is 47.2 Å². The zero-order valence-corrected chi connectivity index (χ0v) is 48.7. The van der Waals surface area contributed by atoms with E-state index in [1.54, 1.807) is 24.3 Å². The van der Waals surface area contributed by atoms with Crippen LogP contribution in [0.5, 0.6) is 23.0 Å². The third kappa shape index (κ3) is 16.5. The average molecular weight is 1110 g/mol. The second-order valence-corrected chi connectivity index (χ2v) is 21.4. The van der Waals surface area contributed by atoms with Crippen LogP contribution in [0.3, 0.4) is 0 Å². The van der Waals surface area contributed by atoms with E-state index in [4.69, 9.17) is 48.9 Å². The molecule has 14 nitrogen and oxygen atoms in total. The molecule has 2 aromatic heterocycles. The van der Waals surface area contributed by atoms with Crippen molar-refractivity contribution in [3.63, 3.8) is 0 Å². The number of ether oxygens (including phenoxy) is 4. The molecule has 0 unspecified atom stereocenters. The monoisotopic (exact) mass is 1100 g/mol. The summed E-state index contributed by atoms with van der Waals surface area (Å²) in [6.45, 7) is 18.0. The Morgan fingerprint density at radius 3 is 0.878 bits per heavy atom. The molecule has 8 aromatic rings. The van der Waals surface area contributed by atoms with Crippen molar-refractivity contribution in [2.45, 2.75) is 132 Å². The van der Waals surface area contributed by atoms with Crippen LogP contribution in [-0.4, -0.2) is 78.5 Å². The number of nitrogens with zero attached hydrogens (tertiary/aromatic N) is 6. The van der Waals surface area contributed by atoms with Crippen molar-refractivity contribution in [3.8, 4) is 91.3 Å². The number of aromatic hydroxyl groups is 2. The van der Waals surface area contributed by atoms with Gasteiger partial charge in [0.05, 0.1) is 37.6 Å². The summed E-state index contributed by atoms with van der Waals surface area (Å²) in [5.41, 5.74) is 13.4. The first kappa shape index (κ1) is 59.6. The highest BCUT2D eigenvalue weighted by Crippen LogP contribution is 2.36. The number of phenols is 2. The number of esters is 2. The summed E-state index contributed by atoms with van der Waals surface area (Å²) in [4.78, 5) is 53.8. The summed E-state index contributed by atoms with van der Waals surface area (Å²) in [6, 6.07) is 35.1.